The van der Waals surface area contributed by atoms with E-state index in [1.807, 2.05) is 91.0 Å². The maximum Gasteiger partial charge on any atom is 0.249 e. The number of ketones is 1. The third-order valence-corrected chi connectivity index (χ3v) is 7.17. The highest BCUT2D eigenvalue weighted by atomic mass is 16.5. The van der Waals surface area contributed by atoms with Gasteiger partial charge in [0.05, 0.1) is 18.1 Å². The third-order valence-electron chi connectivity index (χ3n) is 7.17. The Balaban J connectivity index is 1.45. The second-order valence-electron chi connectivity index (χ2n) is 9.50. The first-order chi connectivity index (χ1) is 19.0. The highest BCUT2D eigenvalue weighted by molar-refractivity contribution is 6.18. The number of hydrogen-bond donors (Lipinski definition) is 1. The Kier molecular flexibility index (Phi) is 6.17. The smallest absolute Gasteiger partial charge is 0.249 e. The molecule has 6 aromatic rings. The Bertz CT molecular complexity index is 1830. The summed E-state index contributed by atoms with van der Waals surface area (Å²) in [6, 6.07) is 36.9. The summed E-state index contributed by atoms with van der Waals surface area (Å²) in [5.74, 6) is 0.339. The number of aromatic nitrogens is 1. The van der Waals surface area contributed by atoms with Gasteiger partial charge >= 0.3 is 0 Å². The molecule has 0 aliphatic heterocycles. The zero-order chi connectivity index (χ0) is 26.9. The summed E-state index contributed by atoms with van der Waals surface area (Å²) in [5, 5.41) is 1.81. The van der Waals surface area contributed by atoms with Crippen LogP contribution in [0.15, 0.2) is 115 Å². The van der Waals surface area contributed by atoms with Crippen molar-refractivity contribution in [1.29, 1.82) is 0 Å². The number of rotatable bonds is 7. The van der Waals surface area contributed by atoms with Crippen molar-refractivity contribution in [1.82, 2.24) is 4.57 Å². The van der Waals surface area contributed by atoms with E-state index in [1.54, 1.807) is 13.2 Å². The van der Waals surface area contributed by atoms with Gasteiger partial charge in [0.25, 0.3) is 0 Å². The van der Waals surface area contributed by atoms with Gasteiger partial charge in [-0.25, -0.2) is 0 Å². The van der Waals surface area contributed by atoms with Crippen LogP contribution in [0.3, 0.4) is 0 Å². The number of fused-ring (bicyclic) bond motifs is 3. The average molecular weight is 511 g/mol. The summed E-state index contributed by atoms with van der Waals surface area (Å²) in [7, 11) is 1.65. The molecule has 6 rings (SSSR count). The number of ether oxygens (including phenoxy) is 1. The number of carbonyl (C=O) groups is 2. The summed E-state index contributed by atoms with van der Waals surface area (Å²) in [4.78, 5) is 25.2. The van der Waals surface area contributed by atoms with Crippen LogP contribution in [0.5, 0.6) is 5.75 Å². The summed E-state index contributed by atoms with van der Waals surface area (Å²) in [6.07, 6.45) is 0. The molecule has 5 aromatic carbocycles. The van der Waals surface area contributed by atoms with Crippen molar-refractivity contribution in [3.63, 3.8) is 0 Å². The Morgan fingerprint density at radius 1 is 0.718 bits per heavy atom. The van der Waals surface area contributed by atoms with Gasteiger partial charge in [-0.05, 0) is 47.0 Å². The first-order valence-electron chi connectivity index (χ1n) is 12.7. The molecule has 190 valence electrons. The quantitative estimate of drug-likeness (QED) is 0.239. The molecular weight excluding hydrogens is 484 g/mol. The Morgan fingerprint density at radius 3 is 2.10 bits per heavy atom. The molecule has 1 amide bonds. The molecule has 1 heterocycles. The lowest BCUT2D eigenvalue weighted by Crippen LogP contribution is -2.11. The molecule has 39 heavy (non-hydrogen) atoms. The predicted molar refractivity (Wildman–Crippen MR) is 155 cm³/mol. The van der Waals surface area contributed by atoms with Crippen molar-refractivity contribution in [2.45, 2.75) is 6.54 Å². The third kappa shape index (κ3) is 4.44. The van der Waals surface area contributed by atoms with Crippen LogP contribution in [-0.4, -0.2) is 23.4 Å². The van der Waals surface area contributed by atoms with Crippen LogP contribution in [0, 0.1) is 0 Å². The molecule has 0 bridgehead atoms. The largest absolute Gasteiger partial charge is 0.497 e. The Hall–Kier alpha value is -5.16. The van der Waals surface area contributed by atoms with Crippen molar-refractivity contribution < 1.29 is 14.3 Å². The lowest BCUT2D eigenvalue weighted by Gasteiger charge is -2.10. The molecular formula is C34H26N2O3. The van der Waals surface area contributed by atoms with Crippen molar-refractivity contribution in [3.8, 4) is 16.9 Å². The van der Waals surface area contributed by atoms with Crippen LogP contribution in [0.25, 0.3) is 32.9 Å². The van der Waals surface area contributed by atoms with Gasteiger partial charge in [0.15, 0.2) is 5.78 Å². The summed E-state index contributed by atoms with van der Waals surface area (Å²) < 4.78 is 7.52. The van der Waals surface area contributed by atoms with Crippen LogP contribution >= 0.6 is 0 Å². The van der Waals surface area contributed by atoms with E-state index in [0.29, 0.717) is 23.2 Å². The van der Waals surface area contributed by atoms with Gasteiger partial charge in [-0.15, -0.1) is 0 Å². The average Bonchev–Trinajstić information content (AvgIpc) is 3.30. The van der Waals surface area contributed by atoms with Crippen LogP contribution < -0.4 is 10.5 Å². The van der Waals surface area contributed by atoms with Gasteiger partial charge in [0.2, 0.25) is 5.91 Å². The zero-order valence-electron chi connectivity index (χ0n) is 21.4. The lowest BCUT2D eigenvalue weighted by molar-refractivity contribution is 0.1000. The highest BCUT2D eigenvalue weighted by Gasteiger charge is 2.18. The van der Waals surface area contributed by atoms with E-state index in [9.17, 15) is 9.59 Å². The molecule has 0 fully saturated rings. The number of benzene rings is 5. The van der Waals surface area contributed by atoms with Gasteiger partial charge in [-0.3, -0.25) is 9.59 Å². The number of amides is 1. The van der Waals surface area contributed by atoms with E-state index < -0.39 is 5.91 Å². The summed E-state index contributed by atoms with van der Waals surface area (Å²) in [5.41, 5.74) is 12.7. The van der Waals surface area contributed by atoms with E-state index in [2.05, 4.69) is 22.8 Å². The fourth-order valence-electron chi connectivity index (χ4n) is 5.18. The molecule has 0 atom stereocenters. The molecule has 0 radical (unpaired) electrons. The number of carbonyl (C=O) groups excluding carboxylic acids is 2. The summed E-state index contributed by atoms with van der Waals surface area (Å²) >= 11 is 0. The van der Waals surface area contributed by atoms with Crippen LogP contribution in [-0.2, 0) is 6.54 Å². The van der Waals surface area contributed by atoms with Gasteiger partial charge in [0, 0.05) is 34.0 Å². The van der Waals surface area contributed by atoms with Gasteiger partial charge in [-0.1, -0.05) is 84.9 Å². The molecule has 0 saturated carbocycles. The maximum absolute atomic E-state index is 12.9. The number of nitrogens with zero attached hydrogens (tertiary/aromatic N) is 1. The maximum atomic E-state index is 12.9. The number of hydrogen-bond acceptors (Lipinski definition) is 3. The second kappa shape index (κ2) is 9.95. The Labute approximate surface area is 226 Å². The Morgan fingerprint density at radius 2 is 1.41 bits per heavy atom. The van der Waals surface area contributed by atoms with Gasteiger partial charge in [0.1, 0.15) is 5.75 Å². The second-order valence-corrected chi connectivity index (χ2v) is 9.50. The molecule has 0 spiro atoms. The first-order valence-corrected chi connectivity index (χ1v) is 12.7. The van der Waals surface area contributed by atoms with Crippen molar-refractivity contribution in [3.05, 3.63) is 138 Å². The minimum atomic E-state index is -0.456. The molecule has 5 nitrogen and oxygen atoms in total. The van der Waals surface area contributed by atoms with Crippen molar-refractivity contribution in [2.24, 2.45) is 5.73 Å². The van der Waals surface area contributed by atoms with E-state index in [1.165, 1.54) is 0 Å². The minimum Gasteiger partial charge on any atom is -0.497 e. The molecule has 0 aliphatic carbocycles. The molecule has 0 aliphatic rings. The molecule has 0 saturated heterocycles. The normalized spacial score (nSPS) is 11.1. The van der Waals surface area contributed by atoms with Crippen molar-refractivity contribution in [2.75, 3.05) is 7.11 Å². The van der Waals surface area contributed by atoms with Gasteiger partial charge < -0.3 is 15.0 Å². The van der Waals surface area contributed by atoms with E-state index in [4.69, 9.17) is 10.5 Å². The zero-order valence-corrected chi connectivity index (χ0v) is 21.4. The van der Waals surface area contributed by atoms with Crippen LogP contribution in [0.2, 0.25) is 0 Å². The molecule has 0 unspecified atom stereocenters. The van der Waals surface area contributed by atoms with E-state index in [-0.39, 0.29) is 5.78 Å². The number of nitrogens with two attached hydrogens (primary N) is 1. The molecule has 1 aromatic heterocycles. The predicted octanol–water partition coefficient (Wildman–Crippen LogP) is 6.85. The minimum absolute atomic E-state index is 0.00533. The lowest BCUT2D eigenvalue weighted by atomic mass is 10.0. The topological polar surface area (TPSA) is 74.3 Å². The SMILES string of the molecule is COc1ccc(-c2ccc3c4c(C(N)=O)cccc4n(Cc4ccc(C(=O)c5ccccc5)cc4)c3c2)cc1. The fourth-order valence-corrected chi connectivity index (χ4v) is 5.18. The summed E-state index contributed by atoms with van der Waals surface area (Å²) in [6.45, 7) is 0.564. The van der Waals surface area contributed by atoms with Crippen molar-refractivity contribution >= 4 is 33.5 Å². The monoisotopic (exact) mass is 510 g/mol. The molecule has 2 N–H and O–H groups in total. The number of methoxy groups -OCH3 is 1. The molecule has 5 heteroatoms. The van der Waals surface area contributed by atoms with E-state index in [0.717, 1.165) is 44.2 Å². The van der Waals surface area contributed by atoms with E-state index >= 15 is 0 Å². The van der Waals surface area contributed by atoms with Crippen LogP contribution in [0.1, 0.15) is 31.8 Å². The van der Waals surface area contributed by atoms with Gasteiger partial charge in [-0.2, -0.15) is 0 Å². The number of primary amides is 1. The standard InChI is InChI=1S/C34H26N2O3/c1-39-27-17-14-23(15-18-27)26-16-19-28-31(20-26)36(30-9-5-8-29(32(28)30)34(35)38)21-22-10-12-25(13-11-22)33(37)24-6-3-2-4-7-24/h2-20H,21H2,1H3,(H2,35,38). The fraction of sp³-hybridized carbons (Fsp3) is 0.0588. The van der Waals surface area contributed by atoms with Crippen LogP contribution in [0.4, 0.5) is 0 Å². The highest BCUT2D eigenvalue weighted by Crippen LogP contribution is 2.35. The first kappa shape index (κ1) is 24.2.